The molecule has 0 saturated carbocycles. The molecular weight excluding hydrogens is 395 g/mol. The molecule has 2 aromatic rings. The van der Waals surface area contributed by atoms with Crippen molar-refractivity contribution in [3.63, 3.8) is 0 Å². The quantitative estimate of drug-likeness (QED) is 0.717. The van der Waals surface area contributed by atoms with E-state index in [-0.39, 0.29) is 6.61 Å². The van der Waals surface area contributed by atoms with E-state index in [2.05, 4.69) is 26.8 Å². The highest BCUT2D eigenvalue weighted by molar-refractivity contribution is 9.10. The minimum Gasteiger partial charge on any atom is -0.484 e. The maximum Gasteiger partial charge on any atom is 0.279 e. The van der Waals surface area contributed by atoms with E-state index in [4.69, 9.17) is 9.47 Å². The number of carbonyl (C=O) groups is 2. The smallest absolute Gasteiger partial charge is 0.279 e. The molecule has 2 amide bonds. The van der Waals surface area contributed by atoms with E-state index >= 15 is 0 Å². The van der Waals surface area contributed by atoms with Crippen LogP contribution in [0.25, 0.3) is 0 Å². The molecule has 0 radical (unpaired) electrons. The number of ether oxygens (including phenoxy) is 2. The summed E-state index contributed by atoms with van der Waals surface area (Å²) in [6, 6.07) is 12.2. The SMILES string of the molecule is C[C@@H](Oc1ccc(F)cc1)C(=O)NNC(=O)COc1ccc(Br)cc1. The maximum atomic E-state index is 12.8. The molecule has 0 aliphatic carbocycles. The van der Waals surface area contributed by atoms with Crippen molar-refractivity contribution in [2.45, 2.75) is 13.0 Å². The minimum atomic E-state index is -0.877. The second-order valence-corrected chi connectivity index (χ2v) is 5.91. The molecule has 6 nitrogen and oxygen atoms in total. The summed E-state index contributed by atoms with van der Waals surface area (Å²) in [6.45, 7) is 1.25. The Morgan fingerprint density at radius 1 is 1.04 bits per heavy atom. The molecule has 0 heterocycles. The molecule has 0 unspecified atom stereocenters. The van der Waals surface area contributed by atoms with Gasteiger partial charge in [-0.1, -0.05) is 15.9 Å². The molecular formula is C17H16BrFN2O4. The molecule has 2 rings (SSSR count). The Hall–Kier alpha value is -2.61. The molecule has 2 N–H and O–H groups in total. The average Bonchev–Trinajstić information content (AvgIpc) is 2.61. The Morgan fingerprint density at radius 2 is 1.64 bits per heavy atom. The van der Waals surface area contributed by atoms with Gasteiger partial charge in [-0.15, -0.1) is 0 Å². The third-order valence-electron chi connectivity index (χ3n) is 3.00. The Kier molecular flexibility index (Phi) is 6.76. The third kappa shape index (κ3) is 6.42. The van der Waals surface area contributed by atoms with Gasteiger partial charge in [0.15, 0.2) is 12.7 Å². The summed E-state index contributed by atoms with van der Waals surface area (Å²) in [5.74, 6) is -0.610. The summed E-state index contributed by atoms with van der Waals surface area (Å²) in [5, 5.41) is 0. The predicted octanol–water partition coefficient (Wildman–Crippen LogP) is 2.58. The van der Waals surface area contributed by atoms with E-state index in [1.807, 2.05) is 0 Å². The zero-order valence-electron chi connectivity index (χ0n) is 13.3. The summed E-state index contributed by atoms with van der Waals surface area (Å²) in [7, 11) is 0. The molecule has 0 fully saturated rings. The molecule has 0 aliphatic rings. The zero-order chi connectivity index (χ0) is 18.2. The van der Waals surface area contributed by atoms with Crippen LogP contribution in [0.5, 0.6) is 11.5 Å². The first-order valence-electron chi connectivity index (χ1n) is 7.33. The number of rotatable bonds is 6. The van der Waals surface area contributed by atoms with Crippen molar-refractivity contribution in [2.75, 3.05) is 6.61 Å². The number of hydrazine groups is 1. The lowest BCUT2D eigenvalue weighted by Crippen LogP contribution is -2.48. The Balaban J connectivity index is 1.71. The number of benzene rings is 2. The Morgan fingerprint density at radius 3 is 2.28 bits per heavy atom. The van der Waals surface area contributed by atoms with E-state index in [9.17, 15) is 14.0 Å². The predicted molar refractivity (Wildman–Crippen MR) is 92.4 cm³/mol. The molecule has 25 heavy (non-hydrogen) atoms. The first-order valence-corrected chi connectivity index (χ1v) is 8.12. The Bertz CT molecular complexity index is 722. The summed E-state index contributed by atoms with van der Waals surface area (Å²) < 4.78 is 24.3. The topological polar surface area (TPSA) is 76.7 Å². The molecule has 0 saturated heterocycles. The fourth-order valence-corrected chi connectivity index (χ4v) is 1.98. The molecule has 0 aromatic heterocycles. The van der Waals surface area contributed by atoms with Gasteiger partial charge in [0.2, 0.25) is 0 Å². The second-order valence-electron chi connectivity index (χ2n) is 4.99. The van der Waals surface area contributed by atoms with Gasteiger partial charge in [0.05, 0.1) is 0 Å². The van der Waals surface area contributed by atoms with Crippen molar-refractivity contribution in [1.29, 1.82) is 0 Å². The van der Waals surface area contributed by atoms with E-state index in [0.717, 1.165) is 4.47 Å². The van der Waals surface area contributed by atoms with Crippen LogP contribution in [0, 0.1) is 5.82 Å². The summed E-state index contributed by atoms with van der Waals surface area (Å²) in [4.78, 5) is 23.5. The lowest BCUT2D eigenvalue weighted by Gasteiger charge is -2.15. The van der Waals surface area contributed by atoms with Crippen LogP contribution in [-0.4, -0.2) is 24.5 Å². The largest absolute Gasteiger partial charge is 0.484 e. The number of halogens is 2. The van der Waals surface area contributed by atoms with Crippen LogP contribution in [0.1, 0.15) is 6.92 Å². The number of carbonyl (C=O) groups excluding carboxylic acids is 2. The van der Waals surface area contributed by atoms with Gasteiger partial charge >= 0.3 is 0 Å². The van der Waals surface area contributed by atoms with Gasteiger partial charge in [0.1, 0.15) is 17.3 Å². The van der Waals surface area contributed by atoms with E-state index in [0.29, 0.717) is 11.5 Å². The molecule has 1 atom stereocenters. The summed E-state index contributed by atoms with van der Waals surface area (Å²) >= 11 is 3.29. The first kappa shape index (κ1) is 18.7. The maximum absolute atomic E-state index is 12.8. The summed E-state index contributed by atoms with van der Waals surface area (Å²) in [5.41, 5.74) is 4.46. The van der Waals surface area contributed by atoms with E-state index in [1.54, 1.807) is 24.3 Å². The monoisotopic (exact) mass is 410 g/mol. The highest BCUT2D eigenvalue weighted by Crippen LogP contribution is 2.16. The van der Waals surface area contributed by atoms with E-state index in [1.165, 1.54) is 31.2 Å². The standard InChI is InChI=1S/C17H16BrFN2O4/c1-11(25-15-8-4-13(19)5-9-15)17(23)21-20-16(22)10-24-14-6-2-12(18)3-7-14/h2-9,11H,10H2,1H3,(H,20,22)(H,21,23)/t11-/m1/s1. The number of amides is 2. The number of hydrogen-bond donors (Lipinski definition) is 2. The van der Waals surface area contributed by atoms with Gasteiger partial charge < -0.3 is 9.47 Å². The van der Waals surface area contributed by atoms with Gasteiger partial charge in [0.25, 0.3) is 11.8 Å². The molecule has 0 aliphatic heterocycles. The van der Waals surface area contributed by atoms with Crippen molar-refractivity contribution in [3.8, 4) is 11.5 Å². The van der Waals surface area contributed by atoms with Crippen LogP contribution in [0.15, 0.2) is 53.0 Å². The lowest BCUT2D eigenvalue weighted by molar-refractivity contribution is -0.133. The first-order chi connectivity index (χ1) is 11.9. The fraction of sp³-hybridized carbons (Fsp3) is 0.176. The lowest BCUT2D eigenvalue weighted by atomic mass is 10.3. The van der Waals surface area contributed by atoms with Crippen LogP contribution < -0.4 is 20.3 Å². The third-order valence-corrected chi connectivity index (χ3v) is 3.53. The highest BCUT2D eigenvalue weighted by atomic mass is 79.9. The van der Waals surface area contributed by atoms with Crippen molar-refractivity contribution in [3.05, 3.63) is 58.8 Å². The normalized spacial score (nSPS) is 11.3. The summed E-state index contributed by atoms with van der Waals surface area (Å²) in [6.07, 6.45) is -0.877. The van der Waals surface area contributed by atoms with Gasteiger partial charge in [0, 0.05) is 4.47 Å². The van der Waals surface area contributed by atoms with Gasteiger partial charge in [-0.3, -0.25) is 20.4 Å². The fourth-order valence-electron chi connectivity index (χ4n) is 1.72. The molecule has 8 heteroatoms. The van der Waals surface area contributed by atoms with Gasteiger partial charge in [-0.25, -0.2) is 4.39 Å². The molecule has 0 spiro atoms. The van der Waals surface area contributed by atoms with Crippen LogP contribution in [-0.2, 0) is 9.59 Å². The minimum absolute atomic E-state index is 0.255. The van der Waals surface area contributed by atoms with Crippen LogP contribution >= 0.6 is 15.9 Å². The molecule has 2 aromatic carbocycles. The number of hydrogen-bond acceptors (Lipinski definition) is 4. The second kappa shape index (κ2) is 9.03. The van der Waals surface area contributed by atoms with Crippen molar-refractivity contribution >= 4 is 27.7 Å². The number of nitrogens with one attached hydrogen (secondary N) is 2. The van der Waals surface area contributed by atoms with E-state index < -0.39 is 23.7 Å². The molecule has 0 bridgehead atoms. The highest BCUT2D eigenvalue weighted by Gasteiger charge is 2.15. The van der Waals surface area contributed by atoms with Crippen LogP contribution in [0.3, 0.4) is 0 Å². The van der Waals surface area contributed by atoms with Crippen molar-refractivity contribution < 1.29 is 23.5 Å². The Labute approximate surface area is 152 Å². The van der Waals surface area contributed by atoms with Gasteiger partial charge in [-0.2, -0.15) is 0 Å². The van der Waals surface area contributed by atoms with Crippen molar-refractivity contribution in [2.24, 2.45) is 0 Å². The molecule has 132 valence electrons. The zero-order valence-corrected chi connectivity index (χ0v) is 14.9. The van der Waals surface area contributed by atoms with Crippen LogP contribution in [0.4, 0.5) is 4.39 Å². The van der Waals surface area contributed by atoms with Crippen molar-refractivity contribution in [1.82, 2.24) is 10.9 Å². The van der Waals surface area contributed by atoms with Gasteiger partial charge in [-0.05, 0) is 55.5 Å². The average molecular weight is 411 g/mol. The van der Waals surface area contributed by atoms with Crippen LogP contribution in [0.2, 0.25) is 0 Å².